The summed E-state index contributed by atoms with van der Waals surface area (Å²) < 4.78 is 5.18. The van der Waals surface area contributed by atoms with Gasteiger partial charge in [-0.25, -0.2) is 0 Å². The Bertz CT molecular complexity index is 314. The smallest absolute Gasteiger partial charge is 0.245 e. The highest BCUT2D eigenvalue weighted by molar-refractivity contribution is 6.19. The molecule has 1 aliphatic rings. The van der Waals surface area contributed by atoms with E-state index in [2.05, 4.69) is 5.32 Å². The molecule has 5 nitrogen and oxygen atoms in total. The molecule has 2 amide bonds. The Morgan fingerprint density at radius 3 is 2.44 bits per heavy atom. The van der Waals surface area contributed by atoms with Crippen molar-refractivity contribution in [2.75, 3.05) is 32.2 Å². The summed E-state index contributed by atoms with van der Waals surface area (Å²) in [5, 5.41) is 2.71. The average molecular weight is 277 g/mol. The maximum absolute atomic E-state index is 12.1. The van der Waals surface area contributed by atoms with E-state index in [0.29, 0.717) is 26.3 Å². The van der Waals surface area contributed by atoms with E-state index in [1.54, 1.807) is 25.7 Å². The molecule has 0 aromatic rings. The molecule has 1 saturated heterocycles. The van der Waals surface area contributed by atoms with Gasteiger partial charge in [0.2, 0.25) is 11.8 Å². The standard InChI is InChI=1S/C12H21ClN2O3/c1-9(14-11(17)12(2,3)8-13)10(16)15-4-6-18-7-5-15/h9H,4-8H2,1-3H3,(H,14,17). The average Bonchev–Trinajstić information content (AvgIpc) is 2.38. The maximum atomic E-state index is 12.1. The van der Waals surface area contributed by atoms with Gasteiger partial charge in [0.15, 0.2) is 0 Å². The van der Waals surface area contributed by atoms with Gasteiger partial charge in [0.05, 0.1) is 18.6 Å². The maximum Gasteiger partial charge on any atom is 0.245 e. The van der Waals surface area contributed by atoms with Crippen LogP contribution in [0.1, 0.15) is 20.8 Å². The second kappa shape index (κ2) is 6.38. The van der Waals surface area contributed by atoms with E-state index in [0.717, 1.165) is 0 Å². The lowest BCUT2D eigenvalue weighted by Gasteiger charge is -2.30. The molecule has 1 heterocycles. The molecule has 1 fully saturated rings. The molecule has 6 heteroatoms. The summed E-state index contributed by atoms with van der Waals surface area (Å²) >= 11 is 5.73. The molecule has 104 valence electrons. The van der Waals surface area contributed by atoms with Crippen LogP contribution in [0.2, 0.25) is 0 Å². The number of ether oxygens (including phenoxy) is 1. The normalized spacial score (nSPS) is 18.3. The van der Waals surface area contributed by atoms with E-state index < -0.39 is 11.5 Å². The molecule has 1 atom stereocenters. The van der Waals surface area contributed by atoms with Gasteiger partial charge >= 0.3 is 0 Å². The number of hydrogen-bond acceptors (Lipinski definition) is 3. The largest absolute Gasteiger partial charge is 0.378 e. The Balaban J connectivity index is 2.51. The molecule has 0 radical (unpaired) electrons. The first-order valence-electron chi connectivity index (χ1n) is 6.12. The third-order valence-corrected chi connectivity index (χ3v) is 3.66. The van der Waals surface area contributed by atoms with E-state index in [4.69, 9.17) is 16.3 Å². The third-order valence-electron chi connectivity index (χ3n) is 2.99. The van der Waals surface area contributed by atoms with Gasteiger partial charge in [-0.2, -0.15) is 0 Å². The van der Waals surface area contributed by atoms with Gasteiger partial charge in [-0.15, -0.1) is 11.6 Å². The fourth-order valence-corrected chi connectivity index (χ4v) is 1.69. The van der Waals surface area contributed by atoms with Crippen molar-refractivity contribution in [3.05, 3.63) is 0 Å². The van der Waals surface area contributed by atoms with Crippen LogP contribution < -0.4 is 5.32 Å². The monoisotopic (exact) mass is 276 g/mol. The van der Waals surface area contributed by atoms with Crippen LogP contribution >= 0.6 is 11.6 Å². The van der Waals surface area contributed by atoms with E-state index in [1.165, 1.54) is 0 Å². The zero-order valence-electron chi connectivity index (χ0n) is 11.2. The van der Waals surface area contributed by atoms with E-state index in [9.17, 15) is 9.59 Å². The van der Waals surface area contributed by atoms with Crippen molar-refractivity contribution in [2.45, 2.75) is 26.8 Å². The summed E-state index contributed by atoms with van der Waals surface area (Å²) in [5.74, 6) is -0.0549. The number of nitrogens with zero attached hydrogens (tertiary/aromatic N) is 1. The minimum Gasteiger partial charge on any atom is -0.378 e. The zero-order chi connectivity index (χ0) is 13.8. The molecule has 0 saturated carbocycles. The van der Waals surface area contributed by atoms with Gasteiger partial charge in [-0.3, -0.25) is 9.59 Å². The molecular formula is C12H21ClN2O3. The molecular weight excluding hydrogens is 256 g/mol. The van der Waals surface area contributed by atoms with Crippen molar-refractivity contribution in [2.24, 2.45) is 5.41 Å². The van der Waals surface area contributed by atoms with Crippen LogP contribution in [-0.4, -0.2) is 54.9 Å². The Labute approximate surface area is 113 Å². The Kier molecular flexibility index (Phi) is 5.41. The minimum absolute atomic E-state index is 0.0722. The number of nitrogens with one attached hydrogen (secondary N) is 1. The van der Waals surface area contributed by atoms with Crippen molar-refractivity contribution in [1.82, 2.24) is 10.2 Å². The van der Waals surface area contributed by atoms with Gasteiger partial charge in [0, 0.05) is 19.0 Å². The lowest BCUT2D eigenvalue weighted by atomic mass is 9.95. The topological polar surface area (TPSA) is 58.6 Å². The van der Waals surface area contributed by atoms with Gasteiger partial charge in [0.25, 0.3) is 0 Å². The highest BCUT2D eigenvalue weighted by Gasteiger charge is 2.30. The van der Waals surface area contributed by atoms with E-state index >= 15 is 0 Å². The van der Waals surface area contributed by atoms with Crippen molar-refractivity contribution in [3.63, 3.8) is 0 Å². The fraction of sp³-hybridized carbons (Fsp3) is 0.833. The minimum atomic E-state index is -0.666. The van der Waals surface area contributed by atoms with E-state index in [-0.39, 0.29) is 17.7 Å². The fourth-order valence-electron chi connectivity index (χ4n) is 1.57. The predicted octanol–water partition coefficient (Wildman–Crippen LogP) is 0.615. The quantitative estimate of drug-likeness (QED) is 0.766. The summed E-state index contributed by atoms with van der Waals surface area (Å²) in [6.45, 7) is 7.47. The van der Waals surface area contributed by atoms with Gasteiger partial charge in [0.1, 0.15) is 6.04 Å². The SMILES string of the molecule is CC(NC(=O)C(C)(C)CCl)C(=O)N1CCOCC1. The van der Waals surface area contributed by atoms with Gasteiger partial charge in [-0.05, 0) is 20.8 Å². The first-order valence-corrected chi connectivity index (χ1v) is 6.65. The number of carbonyl (C=O) groups excluding carboxylic acids is 2. The first kappa shape index (κ1) is 15.2. The number of hydrogen-bond donors (Lipinski definition) is 1. The lowest BCUT2D eigenvalue weighted by molar-refractivity contribution is -0.140. The molecule has 18 heavy (non-hydrogen) atoms. The predicted molar refractivity (Wildman–Crippen MR) is 69.5 cm³/mol. The number of halogens is 1. The Hall–Kier alpha value is -0.810. The molecule has 0 spiro atoms. The van der Waals surface area contributed by atoms with Crippen LogP contribution in [0.15, 0.2) is 0 Å². The zero-order valence-corrected chi connectivity index (χ0v) is 11.9. The summed E-state index contributed by atoms with van der Waals surface area (Å²) in [7, 11) is 0. The first-order chi connectivity index (χ1) is 8.38. The highest BCUT2D eigenvalue weighted by Crippen LogP contribution is 2.17. The molecule has 1 aliphatic heterocycles. The van der Waals surface area contributed by atoms with Crippen LogP contribution in [0.25, 0.3) is 0 Å². The van der Waals surface area contributed by atoms with Crippen LogP contribution in [0.4, 0.5) is 0 Å². The summed E-state index contributed by atoms with van der Waals surface area (Å²) in [6, 6.07) is -0.530. The Morgan fingerprint density at radius 1 is 1.39 bits per heavy atom. The third kappa shape index (κ3) is 3.85. The molecule has 0 aromatic carbocycles. The molecule has 1 N–H and O–H groups in total. The van der Waals surface area contributed by atoms with Gasteiger partial charge < -0.3 is 15.0 Å². The number of carbonyl (C=O) groups is 2. The Morgan fingerprint density at radius 2 is 1.94 bits per heavy atom. The van der Waals surface area contributed by atoms with Crippen molar-refractivity contribution < 1.29 is 14.3 Å². The van der Waals surface area contributed by atoms with Crippen molar-refractivity contribution in [3.8, 4) is 0 Å². The van der Waals surface area contributed by atoms with Gasteiger partial charge in [-0.1, -0.05) is 0 Å². The molecule has 1 rings (SSSR count). The summed E-state index contributed by atoms with van der Waals surface area (Å²) in [6.07, 6.45) is 0. The van der Waals surface area contributed by atoms with Crippen molar-refractivity contribution >= 4 is 23.4 Å². The molecule has 1 unspecified atom stereocenters. The summed E-state index contributed by atoms with van der Waals surface area (Å²) in [5.41, 5.74) is -0.666. The summed E-state index contributed by atoms with van der Waals surface area (Å²) in [4.78, 5) is 25.7. The van der Waals surface area contributed by atoms with Crippen LogP contribution in [-0.2, 0) is 14.3 Å². The molecule has 0 aliphatic carbocycles. The van der Waals surface area contributed by atoms with Crippen LogP contribution in [0.3, 0.4) is 0 Å². The molecule has 0 bridgehead atoms. The number of alkyl halides is 1. The van der Waals surface area contributed by atoms with Crippen LogP contribution in [0.5, 0.6) is 0 Å². The lowest BCUT2D eigenvalue weighted by Crippen LogP contribution is -2.52. The second-order valence-corrected chi connectivity index (χ2v) is 5.42. The molecule has 0 aromatic heterocycles. The van der Waals surface area contributed by atoms with Crippen molar-refractivity contribution in [1.29, 1.82) is 0 Å². The number of amides is 2. The number of rotatable bonds is 4. The van der Waals surface area contributed by atoms with E-state index in [1.807, 2.05) is 0 Å². The second-order valence-electron chi connectivity index (χ2n) is 5.15. The van der Waals surface area contributed by atoms with Crippen LogP contribution in [0, 0.1) is 5.41 Å². The highest BCUT2D eigenvalue weighted by atomic mass is 35.5. The number of morpholine rings is 1.